The molecule has 1 aliphatic heterocycles. The molecule has 1 fully saturated rings. The first-order valence-corrected chi connectivity index (χ1v) is 9.97. The van der Waals surface area contributed by atoms with E-state index in [1.54, 1.807) is 12.3 Å². The van der Waals surface area contributed by atoms with Crippen molar-refractivity contribution in [1.29, 1.82) is 0 Å². The van der Waals surface area contributed by atoms with Gasteiger partial charge in [-0.3, -0.25) is 4.90 Å². The van der Waals surface area contributed by atoms with E-state index in [9.17, 15) is 9.50 Å². The number of nitrogens with zero attached hydrogens (tertiary/aromatic N) is 3. The van der Waals surface area contributed by atoms with Gasteiger partial charge in [-0.25, -0.2) is 9.37 Å². The van der Waals surface area contributed by atoms with Crippen LogP contribution in [0.25, 0.3) is 0 Å². The summed E-state index contributed by atoms with van der Waals surface area (Å²) in [6.45, 7) is 4.03. The SMILES string of the molecule is OC(c1nccs1)c1ccccc1N1CCN(Cc2ccccc2F)CC1. The lowest BCUT2D eigenvalue weighted by Crippen LogP contribution is -2.46. The standard InChI is InChI=1S/C21H22FN3OS/c22-18-7-3-1-5-16(18)15-24-10-12-25(13-11-24)19-8-4-2-6-17(19)20(26)21-23-9-14-27-21/h1-9,14,20,26H,10-13,15H2. The monoisotopic (exact) mass is 383 g/mol. The van der Waals surface area contributed by atoms with Crippen LogP contribution in [0.15, 0.2) is 60.1 Å². The van der Waals surface area contributed by atoms with Crippen molar-refractivity contribution in [2.24, 2.45) is 0 Å². The molecule has 6 heteroatoms. The third kappa shape index (κ3) is 4.03. The van der Waals surface area contributed by atoms with Gasteiger partial charge in [-0.2, -0.15) is 0 Å². The Balaban J connectivity index is 1.45. The molecule has 0 bridgehead atoms. The van der Waals surface area contributed by atoms with Gasteiger partial charge in [-0.1, -0.05) is 36.4 Å². The van der Waals surface area contributed by atoms with Gasteiger partial charge in [-0.15, -0.1) is 11.3 Å². The lowest BCUT2D eigenvalue weighted by Gasteiger charge is -2.37. The van der Waals surface area contributed by atoms with Crippen molar-refractivity contribution in [3.8, 4) is 0 Å². The number of benzene rings is 2. The molecule has 140 valence electrons. The quantitative estimate of drug-likeness (QED) is 0.730. The summed E-state index contributed by atoms with van der Waals surface area (Å²) in [6, 6.07) is 14.9. The summed E-state index contributed by atoms with van der Waals surface area (Å²) in [5.41, 5.74) is 2.67. The summed E-state index contributed by atoms with van der Waals surface area (Å²) in [6.07, 6.45) is 1.01. The minimum atomic E-state index is -0.711. The molecule has 2 aromatic carbocycles. The molecule has 2 heterocycles. The topological polar surface area (TPSA) is 39.6 Å². The van der Waals surface area contributed by atoms with Gasteiger partial charge in [0.2, 0.25) is 0 Å². The molecule has 0 aliphatic carbocycles. The number of halogens is 1. The number of thiazole rings is 1. The van der Waals surface area contributed by atoms with Crippen LogP contribution in [0, 0.1) is 5.82 Å². The Bertz CT molecular complexity index is 879. The fourth-order valence-electron chi connectivity index (χ4n) is 3.52. The maximum Gasteiger partial charge on any atom is 0.132 e. The number of anilines is 1. The van der Waals surface area contributed by atoms with Gasteiger partial charge in [0, 0.05) is 61.1 Å². The Morgan fingerprint density at radius 3 is 2.52 bits per heavy atom. The van der Waals surface area contributed by atoms with Crippen molar-refractivity contribution in [2.45, 2.75) is 12.6 Å². The maximum absolute atomic E-state index is 13.9. The van der Waals surface area contributed by atoms with Crippen LogP contribution >= 0.6 is 11.3 Å². The number of aromatic nitrogens is 1. The summed E-state index contributed by atoms with van der Waals surface area (Å²) < 4.78 is 13.9. The highest BCUT2D eigenvalue weighted by Crippen LogP contribution is 2.32. The van der Waals surface area contributed by atoms with Crippen molar-refractivity contribution >= 4 is 17.0 Å². The zero-order valence-corrected chi connectivity index (χ0v) is 15.8. The second-order valence-corrected chi connectivity index (χ2v) is 7.61. The minimum Gasteiger partial charge on any atom is -0.381 e. The van der Waals surface area contributed by atoms with E-state index in [-0.39, 0.29) is 5.82 Å². The van der Waals surface area contributed by atoms with E-state index in [4.69, 9.17) is 0 Å². The number of piperazine rings is 1. The highest BCUT2D eigenvalue weighted by Gasteiger charge is 2.23. The van der Waals surface area contributed by atoms with E-state index in [1.165, 1.54) is 17.4 Å². The number of hydrogen-bond acceptors (Lipinski definition) is 5. The average molecular weight is 383 g/mol. The first-order chi connectivity index (χ1) is 13.2. The van der Waals surface area contributed by atoms with Gasteiger partial charge in [-0.05, 0) is 12.1 Å². The fraction of sp³-hybridized carbons (Fsp3) is 0.286. The van der Waals surface area contributed by atoms with Gasteiger partial charge in [0.05, 0.1) is 0 Å². The Hall–Kier alpha value is -2.28. The molecule has 3 aromatic rings. The first kappa shape index (κ1) is 18.1. The molecular formula is C21H22FN3OS. The van der Waals surface area contributed by atoms with Crippen LogP contribution in [0.2, 0.25) is 0 Å². The second-order valence-electron chi connectivity index (χ2n) is 6.69. The first-order valence-electron chi connectivity index (χ1n) is 9.09. The van der Waals surface area contributed by atoms with Gasteiger partial charge < -0.3 is 10.0 Å². The summed E-state index contributed by atoms with van der Waals surface area (Å²) in [7, 11) is 0. The van der Waals surface area contributed by atoms with Gasteiger partial charge in [0.25, 0.3) is 0 Å². The van der Waals surface area contributed by atoms with Crippen molar-refractivity contribution in [3.05, 3.63) is 82.1 Å². The van der Waals surface area contributed by atoms with Crippen molar-refractivity contribution in [2.75, 3.05) is 31.1 Å². The summed E-state index contributed by atoms with van der Waals surface area (Å²) in [4.78, 5) is 8.82. The van der Waals surface area contributed by atoms with E-state index >= 15 is 0 Å². The molecule has 1 N–H and O–H groups in total. The summed E-state index contributed by atoms with van der Waals surface area (Å²) in [5, 5.41) is 13.3. The molecule has 27 heavy (non-hydrogen) atoms. The predicted molar refractivity (Wildman–Crippen MR) is 107 cm³/mol. The number of aliphatic hydroxyl groups excluding tert-OH is 1. The maximum atomic E-state index is 13.9. The highest BCUT2D eigenvalue weighted by atomic mass is 32.1. The van der Waals surface area contributed by atoms with Crippen LogP contribution in [-0.4, -0.2) is 41.2 Å². The number of aliphatic hydroxyl groups is 1. The molecular weight excluding hydrogens is 361 g/mol. The molecule has 1 aromatic heterocycles. The van der Waals surface area contributed by atoms with Gasteiger partial charge in [0.1, 0.15) is 16.9 Å². The molecule has 4 nitrogen and oxygen atoms in total. The minimum absolute atomic E-state index is 0.142. The van der Waals surface area contributed by atoms with Crippen molar-refractivity contribution in [1.82, 2.24) is 9.88 Å². The van der Waals surface area contributed by atoms with E-state index in [2.05, 4.69) is 20.9 Å². The Morgan fingerprint density at radius 1 is 1.04 bits per heavy atom. The summed E-state index contributed by atoms with van der Waals surface area (Å²) >= 11 is 1.46. The van der Waals surface area contributed by atoms with Crippen molar-refractivity contribution < 1.29 is 9.50 Å². The third-order valence-corrected chi connectivity index (χ3v) is 5.81. The Kier molecular flexibility index (Phi) is 5.48. The third-order valence-electron chi connectivity index (χ3n) is 4.98. The lowest BCUT2D eigenvalue weighted by molar-refractivity contribution is 0.218. The Morgan fingerprint density at radius 2 is 1.78 bits per heavy atom. The Labute approximate surface area is 162 Å². The predicted octanol–water partition coefficient (Wildman–Crippen LogP) is 3.69. The molecule has 1 atom stereocenters. The van der Waals surface area contributed by atoms with Gasteiger partial charge >= 0.3 is 0 Å². The molecule has 1 saturated heterocycles. The zero-order chi connectivity index (χ0) is 18.6. The van der Waals surface area contributed by atoms with E-state index in [1.807, 2.05) is 35.7 Å². The normalized spacial score (nSPS) is 16.4. The van der Waals surface area contributed by atoms with Gasteiger partial charge in [0.15, 0.2) is 0 Å². The van der Waals surface area contributed by atoms with E-state index in [0.29, 0.717) is 11.6 Å². The molecule has 0 amide bonds. The van der Waals surface area contributed by atoms with Crippen LogP contribution in [0.5, 0.6) is 0 Å². The largest absolute Gasteiger partial charge is 0.381 e. The molecule has 0 radical (unpaired) electrons. The smallest absolute Gasteiger partial charge is 0.132 e. The van der Waals surface area contributed by atoms with E-state index < -0.39 is 6.10 Å². The highest BCUT2D eigenvalue weighted by molar-refractivity contribution is 7.09. The zero-order valence-electron chi connectivity index (χ0n) is 15.0. The molecule has 1 unspecified atom stereocenters. The second kappa shape index (κ2) is 8.17. The van der Waals surface area contributed by atoms with Crippen LogP contribution in [0.4, 0.5) is 10.1 Å². The molecule has 4 rings (SSSR count). The fourth-order valence-corrected chi connectivity index (χ4v) is 4.16. The van der Waals surface area contributed by atoms with Crippen LogP contribution in [-0.2, 0) is 6.54 Å². The number of hydrogen-bond donors (Lipinski definition) is 1. The molecule has 0 spiro atoms. The van der Waals surface area contributed by atoms with E-state index in [0.717, 1.165) is 43.0 Å². The lowest BCUT2D eigenvalue weighted by atomic mass is 10.1. The molecule has 1 aliphatic rings. The van der Waals surface area contributed by atoms with Crippen LogP contribution < -0.4 is 4.90 Å². The summed E-state index contributed by atoms with van der Waals surface area (Å²) in [5.74, 6) is -0.142. The van der Waals surface area contributed by atoms with Crippen molar-refractivity contribution in [3.63, 3.8) is 0 Å². The molecule has 0 saturated carbocycles. The van der Waals surface area contributed by atoms with Crippen LogP contribution in [0.1, 0.15) is 22.2 Å². The van der Waals surface area contributed by atoms with Crippen LogP contribution in [0.3, 0.4) is 0 Å². The number of rotatable bonds is 5. The average Bonchev–Trinajstić information content (AvgIpc) is 3.25. The number of para-hydroxylation sites is 1.